The molecular formula is C55H50N4O. The molecule has 0 saturated carbocycles. The minimum absolute atomic E-state index is 0.0709. The Hall–Kier alpha value is -7.60. The average molecular weight is 783 g/mol. The van der Waals surface area contributed by atoms with E-state index in [0.717, 1.165) is 51.0 Å². The highest BCUT2D eigenvalue weighted by Crippen LogP contribution is 2.37. The van der Waals surface area contributed by atoms with Gasteiger partial charge in [-0.2, -0.15) is 5.26 Å². The van der Waals surface area contributed by atoms with Crippen LogP contribution in [-0.4, -0.2) is 7.11 Å². The molecule has 0 aliphatic rings. The van der Waals surface area contributed by atoms with Gasteiger partial charge < -0.3 is 14.5 Å². The molecule has 0 atom stereocenters. The van der Waals surface area contributed by atoms with Gasteiger partial charge in [0.05, 0.1) is 25.3 Å². The lowest BCUT2D eigenvalue weighted by Crippen LogP contribution is -2.13. The maximum absolute atomic E-state index is 10.2. The molecular weight excluding hydrogens is 733 g/mol. The molecule has 0 bridgehead atoms. The maximum atomic E-state index is 10.2. The predicted octanol–water partition coefficient (Wildman–Crippen LogP) is 15.7. The number of methoxy groups -OCH3 is 1. The summed E-state index contributed by atoms with van der Waals surface area (Å²) in [7, 11) is 1.67. The summed E-state index contributed by atoms with van der Waals surface area (Å²) in [5.74, 6) is 0.801. The first-order chi connectivity index (χ1) is 29.2. The van der Waals surface area contributed by atoms with Gasteiger partial charge in [0.15, 0.2) is 5.69 Å². The van der Waals surface area contributed by atoms with E-state index in [-0.39, 0.29) is 5.41 Å². The van der Waals surface area contributed by atoms with Gasteiger partial charge in [-0.15, -0.1) is 0 Å². The number of nitriles is 1. The van der Waals surface area contributed by atoms with Crippen LogP contribution in [0.15, 0.2) is 170 Å². The molecule has 0 radical (unpaired) electrons. The number of hydrogen-bond donors (Lipinski definition) is 0. The highest BCUT2D eigenvalue weighted by atomic mass is 16.5. The number of para-hydroxylation sites is 2. The van der Waals surface area contributed by atoms with Crippen LogP contribution in [0.5, 0.6) is 5.75 Å². The van der Waals surface area contributed by atoms with Crippen molar-refractivity contribution in [2.75, 3.05) is 16.9 Å². The third kappa shape index (κ3) is 10.1. The van der Waals surface area contributed by atoms with Crippen LogP contribution in [0.25, 0.3) is 29.1 Å². The van der Waals surface area contributed by atoms with E-state index < -0.39 is 0 Å². The first-order valence-corrected chi connectivity index (χ1v) is 20.2. The van der Waals surface area contributed by atoms with E-state index in [1.54, 1.807) is 19.2 Å². The summed E-state index contributed by atoms with van der Waals surface area (Å²) in [6.45, 7) is 18.6. The molecule has 60 heavy (non-hydrogen) atoms. The van der Waals surface area contributed by atoms with Crippen molar-refractivity contribution in [2.24, 2.45) is 0 Å². The SMILES string of the molecule is CC.[C-]#[N+]c1cc(C=Cc2ccc(N(c3ccccc3)c3ccc(OC)cc3)cc2)c(C#N)cc1C=Cc1ccc(N(c2ccccc2)c2ccc(C(C)(C)C)cc2)cc1. The second kappa shape index (κ2) is 19.7. The van der Waals surface area contributed by atoms with Crippen LogP contribution in [0.2, 0.25) is 0 Å². The zero-order chi connectivity index (χ0) is 42.5. The zero-order valence-corrected chi connectivity index (χ0v) is 35.2. The van der Waals surface area contributed by atoms with Crippen molar-refractivity contribution in [1.82, 2.24) is 0 Å². The molecule has 0 unspecified atom stereocenters. The van der Waals surface area contributed by atoms with Crippen LogP contribution in [0.1, 0.15) is 68.0 Å². The van der Waals surface area contributed by atoms with Crippen LogP contribution >= 0.6 is 0 Å². The second-order valence-electron chi connectivity index (χ2n) is 14.9. The van der Waals surface area contributed by atoms with Crippen LogP contribution in [0.4, 0.5) is 39.8 Å². The molecule has 5 heteroatoms. The Bertz CT molecular complexity index is 2610. The molecule has 0 aromatic heterocycles. The molecule has 0 aliphatic carbocycles. The maximum Gasteiger partial charge on any atom is 0.194 e. The third-order valence-corrected chi connectivity index (χ3v) is 10.0. The highest BCUT2D eigenvalue weighted by Gasteiger charge is 2.17. The monoisotopic (exact) mass is 782 g/mol. The van der Waals surface area contributed by atoms with E-state index in [1.807, 2.05) is 86.7 Å². The molecule has 0 heterocycles. The molecule has 296 valence electrons. The Kier molecular flexibility index (Phi) is 13.8. The van der Waals surface area contributed by atoms with Crippen LogP contribution in [-0.2, 0) is 5.41 Å². The summed E-state index contributed by atoms with van der Waals surface area (Å²) in [5, 5.41) is 10.2. The second-order valence-corrected chi connectivity index (χ2v) is 14.9. The minimum atomic E-state index is 0.0709. The normalized spacial score (nSPS) is 11.0. The fraction of sp³-hybridized carbons (Fsp3) is 0.127. The summed E-state index contributed by atoms with van der Waals surface area (Å²) in [6, 6.07) is 59.9. The summed E-state index contributed by atoms with van der Waals surface area (Å²) in [4.78, 5) is 8.27. The van der Waals surface area contributed by atoms with E-state index in [2.05, 4.69) is 151 Å². The predicted molar refractivity (Wildman–Crippen MR) is 254 cm³/mol. The van der Waals surface area contributed by atoms with E-state index >= 15 is 0 Å². The molecule has 0 spiro atoms. The molecule has 0 aliphatic heterocycles. The van der Waals surface area contributed by atoms with Crippen molar-refractivity contribution in [3.63, 3.8) is 0 Å². The fourth-order valence-corrected chi connectivity index (χ4v) is 6.82. The average Bonchev–Trinajstić information content (AvgIpc) is 3.30. The van der Waals surface area contributed by atoms with Gasteiger partial charge in [0, 0.05) is 34.1 Å². The van der Waals surface area contributed by atoms with E-state index in [9.17, 15) is 5.26 Å². The topological polar surface area (TPSA) is 43.9 Å². The van der Waals surface area contributed by atoms with Crippen molar-refractivity contribution < 1.29 is 4.74 Å². The fourth-order valence-electron chi connectivity index (χ4n) is 6.82. The Labute approximate surface area is 356 Å². The smallest absolute Gasteiger partial charge is 0.194 e. The summed E-state index contributed by atoms with van der Waals surface area (Å²) < 4.78 is 5.38. The number of ether oxygens (including phenoxy) is 1. The molecule has 7 aromatic rings. The van der Waals surface area contributed by atoms with Gasteiger partial charge in [0.1, 0.15) is 5.75 Å². The Balaban J connectivity index is 0.00000297. The lowest BCUT2D eigenvalue weighted by atomic mass is 9.87. The largest absolute Gasteiger partial charge is 0.497 e. The van der Waals surface area contributed by atoms with Gasteiger partial charge in [-0.25, -0.2) is 4.85 Å². The summed E-state index contributed by atoms with van der Waals surface area (Å²) in [5.41, 5.74) is 11.9. The molecule has 0 fully saturated rings. The molecule has 0 amide bonds. The molecule has 0 saturated heterocycles. The Morgan fingerprint density at radius 2 is 0.933 bits per heavy atom. The van der Waals surface area contributed by atoms with Gasteiger partial charge in [-0.3, -0.25) is 0 Å². The van der Waals surface area contributed by atoms with Gasteiger partial charge in [-0.05, 0) is 130 Å². The van der Waals surface area contributed by atoms with Crippen molar-refractivity contribution in [1.29, 1.82) is 5.26 Å². The Morgan fingerprint density at radius 1 is 0.533 bits per heavy atom. The van der Waals surface area contributed by atoms with Crippen molar-refractivity contribution in [2.45, 2.75) is 40.0 Å². The van der Waals surface area contributed by atoms with Crippen molar-refractivity contribution in [3.8, 4) is 11.8 Å². The molecule has 5 nitrogen and oxygen atoms in total. The lowest BCUT2D eigenvalue weighted by Gasteiger charge is -2.27. The number of hydrogen-bond acceptors (Lipinski definition) is 4. The van der Waals surface area contributed by atoms with Crippen LogP contribution in [0.3, 0.4) is 0 Å². The molecule has 0 N–H and O–H groups in total. The van der Waals surface area contributed by atoms with Crippen LogP contribution < -0.4 is 14.5 Å². The van der Waals surface area contributed by atoms with Gasteiger partial charge in [-0.1, -0.05) is 132 Å². The highest BCUT2D eigenvalue weighted by molar-refractivity contribution is 5.84. The summed E-state index contributed by atoms with van der Waals surface area (Å²) in [6.07, 6.45) is 7.78. The van der Waals surface area contributed by atoms with Gasteiger partial charge in [0.2, 0.25) is 0 Å². The molecule has 7 aromatic carbocycles. The number of rotatable bonds is 11. The minimum Gasteiger partial charge on any atom is -0.497 e. The lowest BCUT2D eigenvalue weighted by molar-refractivity contribution is 0.415. The van der Waals surface area contributed by atoms with Gasteiger partial charge >= 0.3 is 0 Å². The first-order valence-electron chi connectivity index (χ1n) is 20.2. The first kappa shape index (κ1) is 42.0. The van der Waals surface area contributed by atoms with E-state index in [0.29, 0.717) is 22.4 Å². The van der Waals surface area contributed by atoms with Crippen LogP contribution in [0, 0.1) is 17.9 Å². The standard InChI is InChI=1S/C53H44N4O.C2H6/c1-53(2,3)44-24-30-49(31-25-44)56(45-12-8-6-9-13-45)47-28-20-40(21-29-47)17-23-42-36-43(38-54)41(37-52(42)55-4)22-16-39-18-26-48(27-19-39)57(46-14-10-7-11-15-46)50-32-34-51(58-5)35-33-50;1-2/h6-37H,1-3,5H3;1-2H3. The summed E-state index contributed by atoms with van der Waals surface area (Å²) >= 11 is 0. The number of nitrogens with zero attached hydrogens (tertiary/aromatic N) is 4. The number of benzene rings is 7. The van der Waals surface area contributed by atoms with E-state index in [1.165, 1.54) is 5.56 Å². The molecule has 7 rings (SSSR count). The third-order valence-electron chi connectivity index (χ3n) is 10.0. The van der Waals surface area contributed by atoms with Gasteiger partial charge in [0.25, 0.3) is 0 Å². The quantitative estimate of drug-likeness (QED) is 0.0968. The van der Waals surface area contributed by atoms with E-state index in [4.69, 9.17) is 11.3 Å². The van der Waals surface area contributed by atoms with Crippen molar-refractivity contribution >= 4 is 64.1 Å². The zero-order valence-electron chi connectivity index (χ0n) is 35.2. The Morgan fingerprint density at radius 3 is 1.33 bits per heavy atom. The van der Waals surface area contributed by atoms with Crippen molar-refractivity contribution in [3.05, 3.63) is 215 Å². The number of anilines is 6.